The van der Waals surface area contributed by atoms with Gasteiger partial charge in [-0.15, -0.1) is 0 Å². The van der Waals surface area contributed by atoms with E-state index in [4.69, 9.17) is 0 Å². The van der Waals surface area contributed by atoms with Crippen LogP contribution in [-0.2, 0) is 0 Å². The van der Waals surface area contributed by atoms with Gasteiger partial charge in [-0.25, -0.2) is 8.78 Å². The molecule has 0 saturated carbocycles. The van der Waals surface area contributed by atoms with Gasteiger partial charge in [0.2, 0.25) is 0 Å². The molecule has 0 unspecified atom stereocenters. The van der Waals surface area contributed by atoms with Gasteiger partial charge in [0.25, 0.3) is 5.92 Å². The number of hydrogen-bond donors (Lipinski definition) is 0. The molecule has 0 atom stereocenters. The average Bonchev–Trinajstić information content (AvgIpc) is 1.14. The molecule has 0 amide bonds. The first-order valence-electron chi connectivity index (χ1n) is 2.02. The van der Waals surface area contributed by atoms with E-state index in [1.54, 1.807) is 0 Å². The first-order chi connectivity index (χ1) is 3.71. The minimum Gasteiger partial charge on any atom is -0.206 e. The molecule has 9 heavy (non-hydrogen) atoms. The van der Waals surface area contributed by atoms with E-state index < -0.39 is 18.5 Å². The Morgan fingerprint density at radius 1 is 1.00 bits per heavy atom. The molecule has 0 nitrogen and oxygen atoms in total. The second-order valence-corrected chi connectivity index (χ2v) is 1.64. The van der Waals surface area contributed by atoms with E-state index in [1.165, 1.54) is 0 Å². The van der Waals surface area contributed by atoms with Gasteiger partial charge in [-0.3, -0.25) is 0 Å². The van der Waals surface area contributed by atoms with Crippen LogP contribution in [0.5, 0.6) is 0 Å². The molecule has 0 aromatic rings. The molecule has 0 rings (SSSR count). The van der Waals surface area contributed by atoms with Gasteiger partial charge in [0.1, 0.15) is 6.42 Å². The predicted octanol–water partition coefficient (Wildman–Crippen LogP) is 2.41. The largest absolute Gasteiger partial charge is 0.398 e. The highest BCUT2D eigenvalue weighted by atomic mass is 19.4. The zero-order valence-electron chi connectivity index (χ0n) is 4.47. The molecule has 55 valence electrons. The van der Waals surface area contributed by atoms with Crippen molar-refractivity contribution in [2.75, 3.05) is 0 Å². The number of alkyl halides is 5. The summed E-state index contributed by atoms with van der Waals surface area (Å²) >= 11 is 0. The van der Waals surface area contributed by atoms with Crippen LogP contribution in [0.1, 0.15) is 6.92 Å². The van der Waals surface area contributed by atoms with Gasteiger partial charge in [0.15, 0.2) is 0 Å². The van der Waals surface area contributed by atoms with Crippen molar-refractivity contribution in [3.05, 3.63) is 6.42 Å². The maximum absolute atomic E-state index is 11.4. The second kappa shape index (κ2) is 2.11. The van der Waals surface area contributed by atoms with Gasteiger partial charge in [0.05, 0.1) is 0 Å². The van der Waals surface area contributed by atoms with Crippen LogP contribution < -0.4 is 0 Å². The smallest absolute Gasteiger partial charge is 0.206 e. The summed E-state index contributed by atoms with van der Waals surface area (Å²) in [6.45, 7) is 0.181. The van der Waals surface area contributed by atoms with E-state index in [1.807, 2.05) is 0 Å². The third-order valence-electron chi connectivity index (χ3n) is 0.417. The Hall–Kier alpha value is -0.350. The Morgan fingerprint density at radius 2 is 1.33 bits per heavy atom. The van der Waals surface area contributed by atoms with Crippen LogP contribution in [0.4, 0.5) is 22.0 Å². The normalized spacial score (nSPS) is 14.0. The van der Waals surface area contributed by atoms with Gasteiger partial charge < -0.3 is 0 Å². The van der Waals surface area contributed by atoms with Crippen molar-refractivity contribution in [3.63, 3.8) is 0 Å². The lowest BCUT2D eigenvalue weighted by Crippen LogP contribution is -2.23. The van der Waals surface area contributed by atoms with Gasteiger partial charge in [0, 0.05) is 0 Å². The van der Waals surface area contributed by atoms with Crippen LogP contribution in [0.2, 0.25) is 0 Å². The lowest BCUT2D eigenvalue weighted by molar-refractivity contribution is -0.131. The summed E-state index contributed by atoms with van der Waals surface area (Å²) in [4.78, 5) is 0. The molecule has 0 aliphatic heterocycles. The van der Waals surface area contributed by atoms with E-state index in [9.17, 15) is 22.0 Å². The number of hydrogen-bond acceptors (Lipinski definition) is 0. The molecule has 0 heterocycles. The summed E-state index contributed by atoms with van der Waals surface area (Å²) in [5.74, 6) is -3.77. The highest BCUT2D eigenvalue weighted by Crippen LogP contribution is 2.29. The molecular formula is C4H4F5. The second-order valence-electron chi connectivity index (χ2n) is 1.64. The van der Waals surface area contributed by atoms with E-state index in [0.717, 1.165) is 0 Å². The zero-order valence-corrected chi connectivity index (χ0v) is 4.47. The van der Waals surface area contributed by atoms with Crippen LogP contribution in [-0.4, -0.2) is 12.1 Å². The third kappa shape index (κ3) is 7.65. The predicted molar refractivity (Wildman–Crippen MR) is 21.0 cm³/mol. The Morgan fingerprint density at radius 3 is 1.33 bits per heavy atom. The molecule has 0 aliphatic carbocycles. The summed E-state index contributed by atoms with van der Waals surface area (Å²) in [5.41, 5.74) is 0. The fourth-order valence-electron chi connectivity index (χ4n) is 0.287. The van der Waals surface area contributed by atoms with E-state index in [2.05, 4.69) is 0 Å². The summed E-state index contributed by atoms with van der Waals surface area (Å²) in [6.07, 6.45) is -5.85. The molecule has 0 fully saturated rings. The van der Waals surface area contributed by atoms with Crippen LogP contribution in [0, 0.1) is 6.42 Å². The van der Waals surface area contributed by atoms with Crippen molar-refractivity contribution in [2.24, 2.45) is 0 Å². The van der Waals surface area contributed by atoms with Gasteiger partial charge >= 0.3 is 6.18 Å². The van der Waals surface area contributed by atoms with Crippen molar-refractivity contribution in [1.82, 2.24) is 0 Å². The van der Waals surface area contributed by atoms with Crippen LogP contribution in [0.25, 0.3) is 0 Å². The summed E-state index contributed by atoms with van der Waals surface area (Å²) in [7, 11) is 0. The highest BCUT2D eigenvalue weighted by Gasteiger charge is 2.40. The lowest BCUT2D eigenvalue weighted by Gasteiger charge is -2.10. The van der Waals surface area contributed by atoms with Gasteiger partial charge in [-0.1, -0.05) is 0 Å². The Kier molecular flexibility index (Phi) is 2.03. The molecule has 0 saturated heterocycles. The average molecular weight is 147 g/mol. The monoisotopic (exact) mass is 147 g/mol. The Balaban J connectivity index is 3.75. The number of halogens is 5. The molecule has 1 radical (unpaired) electrons. The SMILES string of the molecule is CC(F)(F)[CH]C(F)(F)F. The zero-order chi connectivity index (χ0) is 7.71. The fourth-order valence-corrected chi connectivity index (χ4v) is 0.287. The minimum atomic E-state index is -4.89. The maximum Gasteiger partial charge on any atom is 0.398 e. The van der Waals surface area contributed by atoms with Crippen LogP contribution in [0.15, 0.2) is 0 Å². The minimum absolute atomic E-state index is 0.181. The Bertz CT molecular complexity index is 74.1. The standard InChI is InChI=1S/C4H4F5/c1-3(5,6)2-4(7,8)9/h2H,1H3. The van der Waals surface area contributed by atoms with Crippen molar-refractivity contribution >= 4 is 0 Å². The molecule has 0 spiro atoms. The maximum atomic E-state index is 11.4. The summed E-state index contributed by atoms with van der Waals surface area (Å²) in [6, 6.07) is 0. The van der Waals surface area contributed by atoms with Crippen molar-refractivity contribution in [1.29, 1.82) is 0 Å². The Labute approximate surface area is 48.7 Å². The van der Waals surface area contributed by atoms with Crippen LogP contribution in [0.3, 0.4) is 0 Å². The lowest BCUT2D eigenvalue weighted by atomic mass is 10.3. The van der Waals surface area contributed by atoms with Gasteiger partial charge in [-0.05, 0) is 6.92 Å². The molecule has 0 aliphatic rings. The first-order valence-corrected chi connectivity index (χ1v) is 2.02. The molecule has 0 N–H and O–H groups in total. The molecule has 0 aromatic carbocycles. The van der Waals surface area contributed by atoms with Crippen molar-refractivity contribution < 1.29 is 22.0 Å². The molecule has 5 heteroatoms. The van der Waals surface area contributed by atoms with E-state index in [-0.39, 0.29) is 6.92 Å². The fraction of sp³-hybridized carbons (Fsp3) is 0.750. The topological polar surface area (TPSA) is 0 Å². The van der Waals surface area contributed by atoms with Crippen LogP contribution >= 0.6 is 0 Å². The molecule has 0 bridgehead atoms. The third-order valence-corrected chi connectivity index (χ3v) is 0.417. The summed E-state index contributed by atoms with van der Waals surface area (Å²) < 4.78 is 55.9. The van der Waals surface area contributed by atoms with Gasteiger partial charge in [-0.2, -0.15) is 13.2 Å². The molecule has 0 aromatic heterocycles. The van der Waals surface area contributed by atoms with E-state index >= 15 is 0 Å². The van der Waals surface area contributed by atoms with Crippen molar-refractivity contribution in [2.45, 2.75) is 19.0 Å². The number of rotatable bonds is 1. The summed E-state index contributed by atoms with van der Waals surface area (Å²) in [5, 5.41) is 0. The van der Waals surface area contributed by atoms with E-state index in [0.29, 0.717) is 0 Å². The van der Waals surface area contributed by atoms with Crippen molar-refractivity contribution in [3.8, 4) is 0 Å². The highest BCUT2D eigenvalue weighted by molar-refractivity contribution is 4.86. The first kappa shape index (κ1) is 8.65. The quantitative estimate of drug-likeness (QED) is 0.499. The molecular weight excluding hydrogens is 143 g/mol.